The molecule has 0 spiro atoms. The van der Waals surface area contributed by atoms with Gasteiger partial charge in [-0.15, -0.1) is 6.42 Å². The van der Waals surface area contributed by atoms with E-state index < -0.39 is 23.5 Å². The molecule has 2 aromatic heterocycles. The van der Waals surface area contributed by atoms with Crippen LogP contribution in [0.15, 0.2) is 41.5 Å². The highest BCUT2D eigenvalue weighted by molar-refractivity contribution is 5.96. The zero-order valence-electron chi connectivity index (χ0n) is 14.9. The van der Waals surface area contributed by atoms with E-state index in [1.165, 1.54) is 19.5 Å². The summed E-state index contributed by atoms with van der Waals surface area (Å²) in [5.74, 6) is 2.37. The van der Waals surface area contributed by atoms with Gasteiger partial charge in [0.2, 0.25) is 0 Å². The number of ether oxygens (including phenoxy) is 1. The summed E-state index contributed by atoms with van der Waals surface area (Å²) in [5, 5.41) is 3.04. The number of hydrogen-bond donors (Lipinski definition) is 1. The van der Waals surface area contributed by atoms with E-state index in [1.807, 2.05) is 0 Å². The molecule has 0 aliphatic heterocycles. The van der Waals surface area contributed by atoms with Crippen LogP contribution in [0.3, 0.4) is 0 Å². The molecule has 0 saturated carbocycles. The Balaban J connectivity index is 2.47. The second-order valence-electron chi connectivity index (χ2n) is 5.89. The normalized spacial score (nSPS) is 12.4. The first-order valence-electron chi connectivity index (χ1n) is 8.11. The number of fused-ring (bicyclic) bond motifs is 1. The topological polar surface area (TPSA) is 69.0 Å². The average Bonchev–Trinajstić information content (AvgIpc) is 2.66. The number of aromatic nitrogens is 3. The predicted molar refractivity (Wildman–Crippen MR) is 98.6 cm³/mol. The maximum atomic E-state index is 13.4. The molecule has 0 aliphatic rings. The average molecular weight is 388 g/mol. The van der Waals surface area contributed by atoms with E-state index in [0.29, 0.717) is 0 Å². The Morgan fingerprint density at radius 3 is 2.68 bits per heavy atom. The molecule has 1 atom stereocenters. The van der Waals surface area contributed by atoms with Gasteiger partial charge in [-0.05, 0) is 31.2 Å². The van der Waals surface area contributed by atoms with E-state index in [0.717, 1.165) is 16.7 Å². The van der Waals surface area contributed by atoms with Gasteiger partial charge < -0.3 is 10.1 Å². The minimum atomic E-state index is -4.64. The summed E-state index contributed by atoms with van der Waals surface area (Å²) in [6.45, 7) is 1.65. The van der Waals surface area contributed by atoms with Gasteiger partial charge in [0.05, 0.1) is 41.5 Å². The lowest BCUT2D eigenvalue weighted by molar-refractivity contribution is -0.137. The lowest BCUT2D eigenvalue weighted by Crippen LogP contribution is -2.26. The Hall–Kier alpha value is -3.54. The van der Waals surface area contributed by atoms with Crippen LogP contribution in [0.25, 0.3) is 16.6 Å². The van der Waals surface area contributed by atoms with Crippen molar-refractivity contribution in [2.75, 3.05) is 12.4 Å². The second-order valence-corrected chi connectivity index (χ2v) is 5.89. The molecular weight excluding hydrogens is 373 g/mol. The van der Waals surface area contributed by atoms with Gasteiger partial charge in [0.15, 0.2) is 0 Å². The maximum absolute atomic E-state index is 13.4. The number of pyridine rings is 1. The van der Waals surface area contributed by atoms with Crippen molar-refractivity contribution in [2.24, 2.45) is 0 Å². The molecule has 9 heteroatoms. The minimum Gasteiger partial charge on any atom is -0.496 e. The number of hydrogen-bond acceptors (Lipinski definition) is 5. The van der Waals surface area contributed by atoms with Gasteiger partial charge in [-0.25, -0.2) is 4.79 Å². The summed E-state index contributed by atoms with van der Waals surface area (Å²) in [7, 11) is 1.24. The van der Waals surface area contributed by atoms with Gasteiger partial charge in [0.1, 0.15) is 11.6 Å². The van der Waals surface area contributed by atoms with E-state index >= 15 is 0 Å². The van der Waals surface area contributed by atoms with Crippen LogP contribution < -0.4 is 15.7 Å². The van der Waals surface area contributed by atoms with Gasteiger partial charge in [0.25, 0.3) is 0 Å². The van der Waals surface area contributed by atoms with E-state index in [-0.39, 0.29) is 28.2 Å². The van der Waals surface area contributed by atoms with E-state index in [4.69, 9.17) is 11.2 Å². The second kappa shape index (κ2) is 7.23. The van der Waals surface area contributed by atoms with Gasteiger partial charge >= 0.3 is 11.9 Å². The molecule has 3 rings (SSSR count). The first kappa shape index (κ1) is 19.2. The number of methoxy groups -OCH3 is 1. The Kier molecular flexibility index (Phi) is 4.96. The molecule has 1 aromatic carbocycles. The number of terminal acetylenes is 1. The number of rotatable bonds is 4. The Bertz CT molecular complexity index is 1120. The summed E-state index contributed by atoms with van der Waals surface area (Å²) >= 11 is 0. The summed E-state index contributed by atoms with van der Waals surface area (Å²) in [4.78, 5) is 20.6. The van der Waals surface area contributed by atoms with Crippen LogP contribution in [0.4, 0.5) is 19.0 Å². The fraction of sp³-hybridized carbons (Fsp3) is 0.211. The number of nitrogens with one attached hydrogen (secondary N) is 1. The molecule has 2 heterocycles. The smallest absolute Gasteiger partial charge is 0.416 e. The van der Waals surface area contributed by atoms with Gasteiger partial charge in [-0.2, -0.15) is 18.2 Å². The monoisotopic (exact) mass is 388 g/mol. The van der Waals surface area contributed by atoms with E-state index in [1.54, 1.807) is 19.1 Å². The number of alkyl halides is 3. The third kappa shape index (κ3) is 3.49. The molecule has 0 aliphatic carbocycles. The molecule has 0 fully saturated rings. The highest BCUT2D eigenvalue weighted by atomic mass is 19.4. The molecule has 28 heavy (non-hydrogen) atoms. The molecule has 6 nitrogen and oxygen atoms in total. The molecule has 0 saturated heterocycles. The van der Waals surface area contributed by atoms with Crippen molar-refractivity contribution < 1.29 is 17.9 Å². The van der Waals surface area contributed by atoms with Crippen LogP contribution in [0, 0.1) is 12.3 Å². The Morgan fingerprint density at radius 2 is 2.11 bits per heavy atom. The molecule has 144 valence electrons. The third-order valence-corrected chi connectivity index (χ3v) is 4.01. The van der Waals surface area contributed by atoms with Crippen LogP contribution in [0.5, 0.6) is 5.75 Å². The quantitative estimate of drug-likeness (QED) is 0.695. The zero-order chi connectivity index (χ0) is 20.5. The fourth-order valence-electron chi connectivity index (χ4n) is 2.73. The van der Waals surface area contributed by atoms with E-state index in [2.05, 4.69) is 21.2 Å². The third-order valence-electron chi connectivity index (χ3n) is 4.01. The highest BCUT2D eigenvalue weighted by Gasteiger charge is 2.33. The first-order chi connectivity index (χ1) is 13.3. The number of benzene rings is 1. The Morgan fingerprint density at radius 1 is 1.36 bits per heavy atom. The summed E-state index contributed by atoms with van der Waals surface area (Å²) in [6.07, 6.45) is 3.56. The van der Waals surface area contributed by atoms with Crippen molar-refractivity contribution in [2.45, 2.75) is 19.1 Å². The standard InChI is InChI=1S/C19H15F3N4O2/c1-4-11(2)24-17-16-14(8-12(19(20,21)22)9-15(16)28-3)26(18(27)25-17)13-6-5-7-23-10-13/h1,5-11H,2-3H3,(H,24,25,27). The van der Waals surface area contributed by atoms with Crippen molar-refractivity contribution in [3.63, 3.8) is 0 Å². The van der Waals surface area contributed by atoms with Crippen molar-refractivity contribution in [1.82, 2.24) is 14.5 Å². The summed E-state index contributed by atoms with van der Waals surface area (Å²) in [6, 6.07) is 4.31. The predicted octanol–water partition coefficient (Wildman–Crippen LogP) is 3.24. The van der Waals surface area contributed by atoms with Gasteiger partial charge in [0, 0.05) is 6.20 Å². The van der Waals surface area contributed by atoms with Crippen LogP contribution in [-0.2, 0) is 6.18 Å². The van der Waals surface area contributed by atoms with Crippen molar-refractivity contribution in [3.05, 3.63) is 52.7 Å². The van der Waals surface area contributed by atoms with Gasteiger partial charge in [-0.1, -0.05) is 5.92 Å². The van der Waals surface area contributed by atoms with Crippen LogP contribution in [0.1, 0.15) is 12.5 Å². The number of anilines is 1. The molecule has 1 N–H and O–H groups in total. The zero-order valence-corrected chi connectivity index (χ0v) is 14.9. The fourth-order valence-corrected chi connectivity index (χ4v) is 2.73. The van der Waals surface area contributed by atoms with Crippen molar-refractivity contribution >= 4 is 16.7 Å². The highest BCUT2D eigenvalue weighted by Crippen LogP contribution is 2.38. The molecule has 0 radical (unpaired) electrons. The molecule has 1 unspecified atom stereocenters. The number of nitrogens with zero attached hydrogens (tertiary/aromatic N) is 3. The molecule has 0 bridgehead atoms. The molecule has 3 aromatic rings. The summed E-state index contributed by atoms with van der Waals surface area (Å²) < 4.78 is 46.5. The molecule has 0 amide bonds. The van der Waals surface area contributed by atoms with Crippen molar-refractivity contribution in [3.8, 4) is 23.8 Å². The molecular formula is C19H15F3N4O2. The minimum absolute atomic E-state index is 0.0357. The first-order valence-corrected chi connectivity index (χ1v) is 8.11. The van der Waals surface area contributed by atoms with Gasteiger partial charge in [-0.3, -0.25) is 9.55 Å². The maximum Gasteiger partial charge on any atom is 0.416 e. The largest absolute Gasteiger partial charge is 0.496 e. The SMILES string of the molecule is C#CC(C)Nc1nc(=O)n(-c2cccnc2)c2cc(C(F)(F)F)cc(OC)c12. The van der Waals surface area contributed by atoms with Crippen molar-refractivity contribution in [1.29, 1.82) is 0 Å². The Labute approximate surface area is 158 Å². The summed E-state index contributed by atoms with van der Waals surface area (Å²) in [5.41, 5.74) is -1.51. The van der Waals surface area contributed by atoms with Crippen LogP contribution in [-0.4, -0.2) is 27.7 Å². The lowest BCUT2D eigenvalue weighted by Gasteiger charge is -2.19. The van der Waals surface area contributed by atoms with Crippen LogP contribution in [0.2, 0.25) is 0 Å². The van der Waals surface area contributed by atoms with Crippen LogP contribution >= 0.6 is 0 Å². The van der Waals surface area contributed by atoms with E-state index in [9.17, 15) is 18.0 Å². The lowest BCUT2D eigenvalue weighted by atomic mass is 10.1. The number of halogens is 3.